The molecule has 1 aliphatic rings. The summed E-state index contributed by atoms with van der Waals surface area (Å²) in [5.41, 5.74) is 2.48. The van der Waals surface area contributed by atoms with Crippen molar-refractivity contribution in [3.8, 4) is 17.2 Å². The molecule has 0 atom stereocenters. The average Bonchev–Trinajstić information content (AvgIpc) is 2.74. The lowest BCUT2D eigenvalue weighted by Crippen LogP contribution is -2.47. The van der Waals surface area contributed by atoms with Crippen LogP contribution in [0.15, 0.2) is 42.5 Å². The van der Waals surface area contributed by atoms with Gasteiger partial charge in [0.25, 0.3) is 0 Å². The molecule has 0 N–H and O–H groups in total. The maximum absolute atomic E-state index is 5.94. The summed E-state index contributed by atoms with van der Waals surface area (Å²) in [5, 5.41) is 0. The van der Waals surface area contributed by atoms with Gasteiger partial charge in [-0.1, -0.05) is 24.3 Å². The first-order chi connectivity index (χ1) is 13.7. The van der Waals surface area contributed by atoms with Crippen LogP contribution in [0, 0.1) is 6.92 Å². The van der Waals surface area contributed by atoms with E-state index in [2.05, 4.69) is 34.9 Å². The maximum Gasteiger partial charge on any atom is 0.160 e. The van der Waals surface area contributed by atoms with Gasteiger partial charge in [-0.3, -0.25) is 4.90 Å². The standard InChI is InChI=1S/C23H32N2O3/c1-19-6-4-5-7-21(19)28-17-16-25-14-12-24(13-15-25)11-10-20-8-9-22(26-2)23(18-20)27-3/h4-9,18H,10-17H2,1-3H3. The molecule has 2 aromatic carbocycles. The normalized spacial score (nSPS) is 15.4. The molecule has 0 aliphatic carbocycles. The van der Waals surface area contributed by atoms with E-state index in [9.17, 15) is 0 Å². The van der Waals surface area contributed by atoms with Crippen molar-refractivity contribution in [2.24, 2.45) is 0 Å². The first-order valence-corrected chi connectivity index (χ1v) is 10.0. The Morgan fingerprint density at radius 1 is 0.786 bits per heavy atom. The molecule has 1 saturated heterocycles. The van der Waals surface area contributed by atoms with Gasteiger partial charge in [0.15, 0.2) is 11.5 Å². The number of methoxy groups -OCH3 is 2. The summed E-state index contributed by atoms with van der Waals surface area (Å²) in [5.74, 6) is 2.59. The van der Waals surface area contributed by atoms with Crippen molar-refractivity contribution in [3.63, 3.8) is 0 Å². The zero-order chi connectivity index (χ0) is 19.8. The lowest BCUT2D eigenvalue weighted by molar-refractivity contribution is 0.117. The number of benzene rings is 2. The number of piperazine rings is 1. The van der Waals surface area contributed by atoms with E-state index in [4.69, 9.17) is 14.2 Å². The summed E-state index contributed by atoms with van der Waals surface area (Å²) in [7, 11) is 3.35. The molecule has 0 bridgehead atoms. The van der Waals surface area contributed by atoms with Crippen molar-refractivity contribution < 1.29 is 14.2 Å². The van der Waals surface area contributed by atoms with E-state index in [1.54, 1.807) is 14.2 Å². The number of ether oxygens (including phenoxy) is 3. The number of nitrogens with zero attached hydrogens (tertiary/aromatic N) is 2. The van der Waals surface area contributed by atoms with E-state index < -0.39 is 0 Å². The molecule has 0 radical (unpaired) electrons. The minimum atomic E-state index is 0.747. The Morgan fingerprint density at radius 2 is 1.46 bits per heavy atom. The molecular formula is C23H32N2O3. The van der Waals surface area contributed by atoms with E-state index >= 15 is 0 Å². The lowest BCUT2D eigenvalue weighted by atomic mass is 10.1. The fourth-order valence-corrected chi connectivity index (χ4v) is 3.56. The minimum Gasteiger partial charge on any atom is -0.493 e. The molecule has 1 aliphatic heterocycles. The third-order valence-corrected chi connectivity index (χ3v) is 5.39. The van der Waals surface area contributed by atoms with Crippen LogP contribution in [0.2, 0.25) is 0 Å². The van der Waals surface area contributed by atoms with Crippen molar-refractivity contribution in [1.29, 1.82) is 0 Å². The van der Waals surface area contributed by atoms with Gasteiger partial charge in [0.1, 0.15) is 12.4 Å². The highest BCUT2D eigenvalue weighted by Gasteiger charge is 2.17. The summed E-state index contributed by atoms with van der Waals surface area (Å²) in [6, 6.07) is 14.4. The quantitative estimate of drug-likeness (QED) is 0.663. The number of rotatable bonds is 9. The molecular weight excluding hydrogens is 352 g/mol. The largest absolute Gasteiger partial charge is 0.493 e. The van der Waals surface area contributed by atoms with Crippen LogP contribution >= 0.6 is 0 Å². The maximum atomic E-state index is 5.94. The van der Waals surface area contributed by atoms with E-state index in [0.717, 1.165) is 69.5 Å². The van der Waals surface area contributed by atoms with Gasteiger partial charge in [0, 0.05) is 39.3 Å². The smallest absolute Gasteiger partial charge is 0.160 e. The zero-order valence-electron chi connectivity index (χ0n) is 17.3. The van der Waals surface area contributed by atoms with Gasteiger partial charge in [0.2, 0.25) is 0 Å². The highest BCUT2D eigenvalue weighted by Crippen LogP contribution is 2.27. The highest BCUT2D eigenvalue weighted by molar-refractivity contribution is 5.43. The predicted octanol–water partition coefficient (Wildman–Crippen LogP) is 3.25. The first-order valence-electron chi connectivity index (χ1n) is 10.0. The molecule has 2 aromatic rings. The van der Waals surface area contributed by atoms with Crippen LogP contribution in [-0.4, -0.2) is 69.9 Å². The summed E-state index contributed by atoms with van der Waals surface area (Å²) < 4.78 is 16.7. The number of hydrogen-bond donors (Lipinski definition) is 0. The van der Waals surface area contributed by atoms with E-state index in [0.29, 0.717) is 0 Å². The Morgan fingerprint density at radius 3 is 2.14 bits per heavy atom. The molecule has 152 valence electrons. The van der Waals surface area contributed by atoms with Gasteiger partial charge in [-0.25, -0.2) is 0 Å². The summed E-state index contributed by atoms with van der Waals surface area (Å²) in [6.07, 6.45) is 1.02. The second kappa shape index (κ2) is 10.3. The molecule has 1 fully saturated rings. The third kappa shape index (κ3) is 5.63. The third-order valence-electron chi connectivity index (χ3n) is 5.39. The molecule has 0 saturated carbocycles. The Kier molecular flexibility index (Phi) is 7.57. The van der Waals surface area contributed by atoms with Crippen LogP contribution in [-0.2, 0) is 6.42 Å². The fourth-order valence-electron chi connectivity index (χ4n) is 3.56. The number of aryl methyl sites for hydroxylation is 1. The van der Waals surface area contributed by atoms with Gasteiger partial charge in [-0.15, -0.1) is 0 Å². The zero-order valence-corrected chi connectivity index (χ0v) is 17.3. The monoisotopic (exact) mass is 384 g/mol. The molecule has 3 rings (SSSR count). The molecule has 1 heterocycles. The SMILES string of the molecule is COc1ccc(CCN2CCN(CCOc3ccccc3C)CC2)cc1OC. The first kappa shape index (κ1) is 20.5. The van der Waals surface area contributed by atoms with Gasteiger partial charge >= 0.3 is 0 Å². The second-order valence-corrected chi connectivity index (χ2v) is 7.24. The van der Waals surface area contributed by atoms with Crippen LogP contribution < -0.4 is 14.2 Å². The topological polar surface area (TPSA) is 34.2 Å². The molecule has 0 spiro atoms. The Labute approximate surface area is 168 Å². The highest BCUT2D eigenvalue weighted by atomic mass is 16.5. The van der Waals surface area contributed by atoms with Crippen molar-refractivity contribution in [2.75, 3.05) is 60.1 Å². The summed E-state index contributed by atoms with van der Waals surface area (Å²) >= 11 is 0. The van der Waals surface area contributed by atoms with Crippen LogP contribution in [0.3, 0.4) is 0 Å². The van der Waals surface area contributed by atoms with Crippen molar-refractivity contribution in [2.45, 2.75) is 13.3 Å². The Hall–Kier alpha value is -2.24. The van der Waals surface area contributed by atoms with Gasteiger partial charge in [-0.2, -0.15) is 0 Å². The number of para-hydroxylation sites is 1. The van der Waals surface area contributed by atoms with Crippen molar-refractivity contribution in [3.05, 3.63) is 53.6 Å². The molecule has 0 unspecified atom stereocenters. The minimum absolute atomic E-state index is 0.747. The van der Waals surface area contributed by atoms with Gasteiger partial charge in [-0.05, 0) is 42.7 Å². The molecule has 5 heteroatoms. The summed E-state index contributed by atoms with van der Waals surface area (Å²) in [4.78, 5) is 5.03. The van der Waals surface area contributed by atoms with Gasteiger partial charge in [0.05, 0.1) is 14.2 Å². The second-order valence-electron chi connectivity index (χ2n) is 7.24. The summed E-state index contributed by atoms with van der Waals surface area (Å²) in [6.45, 7) is 9.31. The van der Waals surface area contributed by atoms with E-state index in [1.165, 1.54) is 11.1 Å². The van der Waals surface area contributed by atoms with Crippen LogP contribution in [0.5, 0.6) is 17.2 Å². The van der Waals surface area contributed by atoms with E-state index in [1.807, 2.05) is 24.3 Å². The van der Waals surface area contributed by atoms with E-state index in [-0.39, 0.29) is 0 Å². The molecule has 28 heavy (non-hydrogen) atoms. The number of hydrogen-bond acceptors (Lipinski definition) is 5. The Bertz CT molecular complexity index is 742. The average molecular weight is 385 g/mol. The predicted molar refractivity (Wildman–Crippen MR) is 113 cm³/mol. The molecule has 5 nitrogen and oxygen atoms in total. The lowest BCUT2D eigenvalue weighted by Gasteiger charge is -2.34. The van der Waals surface area contributed by atoms with Crippen LogP contribution in [0.1, 0.15) is 11.1 Å². The van der Waals surface area contributed by atoms with Crippen LogP contribution in [0.25, 0.3) is 0 Å². The Balaban J connectivity index is 1.37. The van der Waals surface area contributed by atoms with Crippen LogP contribution in [0.4, 0.5) is 0 Å². The fraction of sp³-hybridized carbons (Fsp3) is 0.478. The van der Waals surface area contributed by atoms with Gasteiger partial charge < -0.3 is 19.1 Å². The molecule has 0 aromatic heterocycles. The van der Waals surface area contributed by atoms with Crippen molar-refractivity contribution >= 4 is 0 Å². The molecule has 0 amide bonds. The van der Waals surface area contributed by atoms with Crippen molar-refractivity contribution in [1.82, 2.24) is 9.80 Å².